The summed E-state index contributed by atoms with van der Waals surface area (Å²) >= 11 is 11.7. The summed E-state index contributed by atoms with van der Waals surface area (Å²) in [7, 11) is 0. The zero-order chi connectivity index (χ0) is 16.6. The van der Waals surface area contributed by atoms with E-state index in [0.717, 1.165) is 0 Å². The maximum absolute atomic E-state index is 12.3. The summed E-state index contributed by atoms with van der Waals surface area (Å²) in [4.78, 5) is 12.3. The van der Waals surface area contributed by atoms with E-state index in [2.05, 4.69) is 5.32 Å². The van der Waals surface area contributed by atoms with Crippen LogP contribution in [0.1, 0.15) is 10.4 Å². The van der Waals surface area contributed by atoms with Crippen LogP contribution in [0.4, 0.5) is 5.69 Å². The fourth-order valence-electron chi connectivity index (χ4n) is 2.09. The van der Waals surface area contributed by atoms with Gasteiger partial charge in [0.1, 0.15) is 5.56 Å². The molecule has 0 radical (unpaired) electrons. The molecule has 0 saturated heterocycles. The standard InChI is InChI=1S/C16H10Cl2N2O3/c17-11-5-4-9(7-12(11)18)20-16(22)10-6-8-2-1-3-13(21)14(8)23-15(10)19/h1-7,19,21H,(H,20,22). The van der Waals surface area contributed by atoms with E-state index in [1.54, 1.807) is 24.3 Å². The Kier molecular flexibility index (Phi) is 3.98. The lowest BCUT2D eigenvalue weighted by atomic mass is 10.1. The van der Waals surface area contributed by atoms with Crippen LogP contribution in [0.15, 0.2) is 46.9 Å². The number of hydrogen-bond acceptors (Lipinski definition) is 4. The molecule has 0 aliphatic heterocycles. The second-order valence-electron chi connectivity index (χ2n) is 4.77. The van der Waals surface area contributed by atoms with Crippen LogP contribution in [0.25, 0.3) is 11.0 Å². The van der Waals surface area contributed by atoms with Gasteiger partial charge in [-0.2, -0.15) is 0 Å². The van der Waals surface area contributed by atoms with Crippen molar-refractivity contribution in [1.29, 1.82) is 5.41 Å². The van der Waals surface area contributed by atoms with Gasteiger partial charge in [-0.1, -0.05) is 35.3 Å². The van der Waals surface area contributed by atoms with Crippen LogP contribution in [-0.4, -0.2) is 11.0 Å². The molecule has 1 heterocycles. The number of aromatic hydroxyl groups is 1. The quantitative estimate of drug-likeness (QED) is 0.649. The van der Waals surface area contributed by atoms with E-state index < -0.39 is 5.91 Å². The van der Waals surface area contributed by atoms with Gasteiger partial charge in [0.2, 0.25) is 5.55 Å². The lowest BCUT2D eigenvalue weighted by molar-refractivity contribution is 0.102. The van der Waals surface area contributed by atoms with Crippen molar-refractivity contribution in [2.24, 2.45) is 0 Å². The molecule has 2 aromatic carbocycles. The third-order valence-corrected chi connectivity index (χ3v) is 3.93. The van der Waals surface area contributed by atoms with Crippen molar-refractivity contribution < 1.29 is 14.3 Å². The predicted octanol–water partition coefficient (Wildman–Crippen LogP) is 4.18. The van der Waals surface area contributed by atoms with Crippen LogP contribution in [0.3, 0.4) is 0 Å². The topological polar surface area (TPSA) is 86.3 Å². The van der Waals surface area contributed by atoms with Crippen molar-refractivity contribution in [1.82, 2.24) is 0 Å². The molecule has 0 atom stereocenters. The molecule has 1 aromatic heterocycles. The molecule has 0 fully saturated rings. The smallest absolute Gasteiger partial charge is 0.261 e. The van der Waals surface area contributed by atoms with Crippen molar-refractivity contribution in [3.8, 4) is 5.75 Å². The van der Waals surface area contributed by atoms with Gasteiger partial charge in [0.25, 0.3) is 5.91 Å². The first-order chi connectivity index (χ1) is 11.0. The number of amides is 1. The molecule has 5 nitrogen and oxygen atoms in total. The van der Waals surface area contributed by atoms with Gasteiger partial charge in [0, 0.05) is 11.1 Å². The Balaban J connectivity index is 1.99. The summed E-state index contributed by atoms with van der Waals surface area (Å²) in [5, 5.41) is 21.4. The Bertz CT molecular complexity index is 983. The monoisotopic (exact) mass is 348 g/mol. The number of fused-ring (bicyclic) bond motifs is 1. The molecule has 0 saturated carbocycles. The molecule has 0 aliphatic rings. The molecule has 0 bridgehead atoms. The average Bonchev–Trinajstić information content (AvgIpc) is 2.51. The van der Waals surface area contributed by atoms with Gasteiger partial charge in [0.05, 0.1) is 10.0 Å². The van der Waals surface area contributed by atoms with Gasteiger partial charge < -0.3 is 14.8 Å². The molecular weight excluding hydrogens is 339 g/mol. The molecule has 1 amide bonds. The molecule has 23 heavy (non-hydrogen) atoms. The first-order valence-corrected chi connectivity index (χ1v) is 7.28. The summed E-state index contributed by atoms with van der Waals surface area (Å²) in [6.45, 7) is 0. The molecule has 3 N–H and O–H groups in total. The SMILES string of the molecule is N=c1oc2c(O)cccc2cc1C(=O)Nc1ccc(Cl)c(Cl)c1. The highest BCUT2D eigenvalue weighted by molar-refractivity contribution is 6.42. The van der Waals surface area contributed by atoms with Crippen molar-refractivity contribution in [3.05, 3.63) is 63.6 Å². The third kappa shape index (κ3) is 3.02. The van der Waals surface area contributed by atoms with Gasteiger partial charge in [-0.3, -0.25) is 10.2 Å². The largest absolute Gasteiger partial charge is 0.504 e. The molecule has 116 valence electrons. The van der Waals surface area contributed by atoms with Crippen LogP contribution >= 0.6 is 23.2 Å². The highest BCUT2D eigenvalue weighted by Gasteiger charge is 2.14. The zero-order valence-corrected chi connectivity index (χ0v) is 13.1. The van der Waals surface area contributed by atoms with E-state index in [1.165, 1.54) is 18.2 Å². The normalized spacial score (nSPS) is 10.7. The van der Waals surface area contributed by atoms with E-state index in [1.807, 2.05) is 0 Å². The van der Waals surface area contributed by atoms with E-state index in [-0.39, 0.29) is 22.5 Å². The number of benzene rings is 2. The number of hydrogen-bond donors (Lipinski definition) is 3. The predicted molar refractivity (Wildman–Crippen MR) is 88.1 cm³/mol. The molecule has 3 aromatic rings. The maximum atomic E-state index is 12.3. The molecule has 3 rings (SSSR count). The van der Waals surface area contributed by atoms with Crippen molar-refractivity contribution >= 4 is 45.8 Å². The molecule has 0 aliphatic carbocycles. The summed E-state index contributed by atoms with van der Waals surface area (Å²) in [5.74, 6) is -0.616. The van der Waals surface area contributed by atoms with Crippen molar-refractivity contribution in [2.45, 2.75) is 0 Å². The maximum Gasteiger partial charge on any atom is 0.261 e. The number of anilines is 1. The fourth-order valence-corrected chi connectivity index (χ4v) is 2.38. The lowest BCUT2D eigenvalue weighted by Gasteiger charge is -2.07. The third-order valence-electron chi connectivity index (χ3n) is 3.20. The Hall–Kier alpha value is -2.50. The van der Waals surface area contributed by atoms with Gasteiger partial charge in [-0.05, 0) is 30.3 Å². The summed E-state index contributed by atoms with van der Waals surface area (Å²) in [6, 6.07) is 10.9. The average molecular weight is 349 g/mol. The Labute approximate surface area is 140 Å². The first-order valence-electron chi connectivity index (χ1n) is 6.52. The molecule has 7 heteroatoms. The van der Waals surface area contributed by atoms with Crippen LogP contribution < -0.4 is 10.9 Å². The van der Waals surface area contributed by atoms with E-state index in [0.29, 0.717) is 21.1 Å². The van der Waals surface area contributed by atoms with Crippen LogP contribution in [0.5, 0.6) is 5.75 Å². The van der Waals surface area contributed by atoms with E-state index in [9.17, 15) is 9.90 Å². The second kappa shape index (κ2) is 5.95. The van der Waals surface area contributed by atoms with Gasteiger partial charge in [0.15, 0.2) is 11.3 Å². The van der Waals surface area contributed by atoms with E-state index >= 15 is 0 Å². The van der Waals surface area contributed by atoms with Gasteiger partial charge in [-0.15, -0.1) is 0 Å². The van der Waals surface area contributed by atoms with Gasteiger partial charge in [-0.25, -0.2) is 0 Å². The first kappa shape index (κ1) is 15.4. The highest BCUT2D eigenvalue weighted by atomic mass is 35.5. The van der Waals surface area contributed by atoms with Gasteiger partial charge >= 0.3 is 0 Å². The number of phenols is 1. The molecule has 0 unspecified atom stereocenters. The molecule has 0 spiro atoms. The molecular formula is C16H10Cl2N2O3. The highest BCUT2D eigenvalue weighted by Crippen LogP contribution is 2.26. The minimum Gasteiger partial charge on any atom is -0.504 e. The summed E-state index contributed by atoms with van der Waals surface area (Å²) in [6.07, 6.45) is 0. The number of rotatable bonds is 2. The summed E-state index contributed by atoms with van der Waals surface area (Å²) in [5.41, 5.74) is 0.286. The van der Waals surface area contributed by atoms with Crippen LogP contribution in [0, 0.1) is 5.41 Å². The van der Waals surface area contributed by atoms with E-state index in [4.69, 9.17) is 33.0 Å². The number of carbonyl (C=O) groups is 1. The second-order valence-corrected chi connectivity index (χ2v) is 5.58. The number of para-hydroxylation sites is 1. The number of phenolic OH excluding ortho intramolecular Hbond substituents is 1. The summed E-state index contributed by atoms with van der Waals surface area (Å²) < 4.78 is 5.23. The number of nitrogens with one attached hydrogen (secondary N) is 2. The van der Waals surface area contributed by atoms with Crippen LogP contribution in [-0.2, 0) is 0 Å². The minimum absolute atomic E-state index is 0.0363. The minimum atomic E-state index is -0.526. The Morgan fingerprint density at radius 2 is 1.91 bits per heavy atom. The Morgan fingerprint density at radius 1 is 1.13 bits per heavy atom. The van der Waals surface area contributed by atoms with Crippen molar-refractivity contribution in [2.75, 3.05) is 5.32 Å². The number of halogens is 2. The van der Waals surface area contributed by atoms with Crippen LogP contribution in [0.2, 0.25) is 10.0 Å². The fraction of sp³-hybridized carbons (Fsp3) is 0. The number of carbonyl (C=O) groups excluding carboxylic acids is 1. The van der Waals surface area contributed by atoms with Crippen molar-refractivity contribution in [3.63, 3.8) is 0 Å². The lowest BCUT2D eigenvalue weighted by Crippen LogP contribution is -2.20. The Morgan fingerprint density at radius 3 is 2.65 bits per heavy atom. The zero-order valence-electron chi connectivity index (χ0n) is 11.6.